The Labute approximate surface area is 502 Å². The summed E-state index contributed by atoms with van der Waals surface area (Å²) in [7, 11) is 0. The molecule has 6 rings (SSSR count). The summed E-state index contributed by atoms with van der Waals surface area (Å²) in [4.78, 5) is 126. The molecular formula is C61H87N9O16. The van der Waals surface area contributed by atoms with E-state index in [-0.39, 0.29) is 117 Å². The minimum Gasteiger partial charge on any atom is -0.459 e. The van der Waals surface area contributed by atoms with Crippen molar-refractivity contribution in [1.82, 2.24) is 36.8 Å². The number of hydrogen-bond donors (Lipinski definition) is 9. The van der Waals surface area contributed by atoms with Crippen LogP contribution in [0.2, 0.25) is 0 Å². The maximum atomic E-state index is 13.6. The van der Waals surface area contributed by atoms with Crippen LogP contribution in [-0.2, 0) is 68.6 Å². The average molecular weight is 1200 g/mol. The van der Waals surface area contributed by atoms with Crippen molar-refractivity contribution < 1.29 is 76.7 Å². The summed E-state index contributed by atoms with van der Waals surface area (Å²) in [5, 5.41) is 30.8. The number of carbonyl (C=O) groups is 10. The highest BCUT2D eigenvalue weighted by atomic mass is 16.6. The van der Waals surface area contributed by atoms with Gasteiger partial charge in [-0.2, -0.15) is 0 Å². The third kappa shape index (κ3) is 21.5. The molecule has 0 radical (unpaired) electrons. The second-order valence-corrected chi connectivity index (χ2v) is 23.4. The topological polar surface area (TPSA) is 354 Å². The van der Waals surface area contributed by atoms with E-state index in [0.717, 1.165) is 16.9 Å². The molecule has 1 aromatic rings. The summed E-state index contributed by atoms with van der Waals surface area (Å²) in [6.45, 7) is 13.1. The van der Waals surface area contributed by atoms with Crippen LogP contribution in [0.15, 0.2) is 72.4 Å². The monoisotopic (exact) mass is 1200 g/mol. The number of hydrogen-bond acceptors (Lipinski definition) is 16. The molecule has 86 heavy (non-hydrogen) atoms. The number of urea groups is 1. The molecule has 3 unspecified atom stereocenters. The summed E-state index contributed by atoms with van der Waals surface area (Å²) in [6.07, 6.45) is 12.3. The van der Waals surface area contributed by atoms with Gasteiger partial charge in [-0.05, 0) is 108 Å². The van der Waals surface area contributed by atoms with E-state index in [1.165, 1.54) is 31.2 Å². The number of anilines is 1. The third-order valence-corrected chi connectivity index (χ3v) is 15.8. The zero-order chi connectivity index (χ0) is 62.7. The maximum absolute atomic E-state index is 13.6. The van der Waals surface area contributed by atoms with Crippen molar-refractivity contribution in [3.05, 3.63) is 77.9 Å². The highest BCUT2D eigenvalue weighted by Gasteiger charge is 2.58. The van der Waals surface area contributed by atoms with Gasteiger partial charge in [-0.3, -0.25) is 43.3 Å². The Bertz CT molecular complexity index is 2690. The van der Waals surface area contributed by atoms with Gasteiger partial charge >= 0.3 is 18.1 Å². The molecule has 11 atom stereocenters. The minimum atomic E-state index is -1.07. The SMILES string of the molecule is CC(=O)OC(C)/C=C\C(=O)N[C@@H]1C[C@H](C)[C@H](C/C=C(C)/C=C/[C@H]2O[C@H](CC(=O)NC3CC(NC(=O)OCc4ccc(NC(=O)C(CCCNC(N)=O)NC(=O)C(NC(=O)CCCCCN5C(=O)C=CC5=O)C(C)C)cc4)C3)C[C@@]3(CO3)[C@@H]2O)O[C@@H]1C. The quantitative estimate of drug-likeness (QED) is 0.0133. The van der Waals surface area contributed by atoms with Gasteiger partial charge in [0.05, 0.1) is 37.4 Å². The van der Waals surface area contributed by atoms with Gasteiger partial charge in [-0.1, -0.05) is 63.1 Å². The number of aliphatic hydroxyl groups is 1. The molecule has 0 aromatic heterocycles. The summed E-state index contributed by atoms with van der Waals surface area (Å²) in [5.74, 6) is -3.36. The van der Waals surface area contributed by atoms with Crippen LogP contribution < -0.4 is 43.0 Å². The summed E-state index contributed by atoms with van der Waals surface area (Å²) >= 11 is 0. The fourth-order valence-corrected chi connectivity index (χ4v) is 10.7. The molecule has 1 aliphatic carbocycles. The largest absolute Gasteiger partial charge is 0.459 e. The Hall–Kier alpha value is -7.48. The number of unbranched alkanes of at least 4 members (excludes halogenated alkanes) is 2. The Balaban J connectivity index is 0.879. The molecule has 25 nitrogen and oxygen atoms in total. The lowest BCUT2D eigenvalue weighted by molar-refractivity contribution is -0.146. The van der Waals surface area contributed by atoms with Crippen LogP contribution in [0.5, 0.6) is 0 Å². The Kier molecular flexibility index (Phi) is 25.4. The van der Waals surface area contributed by atoms with Crippen LogP contribution in [0.1, 0.15) is 131 Å². The van der Waals surface area contributed by atoms with Crippen LogP contribution >= 0.6 is 0 Å². The Morgan fingerprint density at radius 2 is 1.55 bits per heavy atom. The first kappa shape index (κ1) is 67.6. The maximum Gasteiger partial charge on any atom is 0.407 e. The number of benzene rings is 1. The molecule has 472 valence electrons. The highest BCUT2D eigenvalue weighted by Crippen LogP contribution is 2.43. The lowest BCUT2D eigenvalue weighted by atomic mass is 9.85. The van der Waals surface area contributed by atoms with E-state index in [1.807, 2.05) is 19.9 Å². The number of rotatable bonds is 30. The van der Waals surface area contributed by atoms with Crippen molar-refractivity contribution >= 4 is 65.1 Å². The zero-order valence-corrected chi connectivity index (χ0v) is 50.3. The van der Waals surface area contributed by atoms with E-state index < -0.39 is 72.0 Å². The molecule has 1 spiro atoms. The van der Waals surface area contributed by atoms with Crippen LogP contribution in [0.3, 0.4) is 0 Å². The summed E-state index contributed by atoms with van der Waals surface area (Å²) < 4.78 is 28.8. The van der Waals surface area contributed by atoms with E-state index in [9.17, 15) is 53.1 Å². The highest BCUT2D eigenvalue weighted by molar-refractivity contribution is 6.12. The minimum absolute atomic E-state index is 0.0583. The second kappa shape index (κ2) is 32.3. The predicted octanol–water partition coefficient (Wildman–Crippen LogP) is 3.43. The third-order valence-electron chi connectivity index (χ3n) is 15.8. The number of nitrogens with one attached hydrogen (secondary N) is 7. The fourth-order valence-electron chi connectivity index (χ4n) is 10.7. The Morgan fingerprint density at radius 1 is 0.849 bits per heavy atom. The zero-order valence-electron chi connectivity index (χ0n) is 50.3. The number of esters is 1. The number of ether oxygens (including phenoxy) is 5. The van der Waals surface area contributed by atoms with Gasteiger partial charge in [0.15, 0.2) is 0 Å². The first-order valence-electron chi connectivity index (χ1n) is 29.8. The fraction of sp³-hybridized carbons (Fsp3) is 0.607. The number of alkyl carbamates (subject to hydrolysis) is 1. The molecule has 5 aliphatic rings. The Morgan fingerprint density at radius 3 is 2.21 bits per heavy atom. The molecule has 4 fully saturated rings. The molecule has 0 bridgehead atoms. The number of primary amides is 1. The van der Waals surface area contributed by atoms with Crippen molar-refractivity contribution in [2.45, 2.75) is 205 Å². The number of carbonyl (C=O) groups excluding carboxylic acids is 10. The number of imide groups is 1. The van der Waals surface area contributed by atoms with E-state index >= 15 is 0 Å². The number of epoxide rings is 1. The van der Waals surface area contributed by atoms with Crippen molar-refractivity contribution in [2.75, 3.05) is 25.0 Å². The van der Waals surface area contributed by atoms with Crippen molar-refractivity contribution in [3.8, 4) is 0 Å². The second-order valence-electron chi connectivity index (χ2n) is 23.4. The van der Waals surface area contributed by atoms with Gasteiger partial charge in [0.1, 0.15) is 42.6 Å². The van der Waals surface area contributed by atoms with Crippen LogP contribution in [0.4, 0.5) is 15.3 Å². The van der Waals surface area contributed by atoms with Crippen molar-refractivity contribution in [1.29, 1.82) is 0 Å². The summed E-state index contributed by atoms with van der Waals surface area (Å²) in [5.41, 5.74) is 6.38. The summed E-state index contributed by atoms with van der Waals surface area (Å²) in [6, 6.07) is 3.19. The van der Waals surface area contributed by atoms with E-state index in [0.29, 0.717) is 62.8 Å². The van der Waals surface area contributed by atoms with Crippen molar-refractivity contribution in [2.24, 2.45) is 17.6 Å². The van der Waals surface area contributed by atoms with Crippen LogP contribution in [0.25, 0.3) is 0 Å². The van der Waals surface area contributed by atoms with Gasteiger partial charge in [-0.25, -0.2) is 9.59 Å². The predicted molar refractivity (Wildman–Crippen MR) is 314 cm³/mol. The number of allylic oxidation sites excluding steroid dienone is 2. The average Bonchev–Trinajstić information content (AvgIpc) is 1.64. The molecule has 10 N–H and O–H groups in total. The lowest BCUT2D eigenvalue weighted by Crippen LogP contribution is -2.55. The molecule has 10 amide bonds. The molecule has 4 aliphatic heterocycles. The van der Waals surface area contributed by atoms with Crippen LogP contribution in [-0.4, -0.2) is 162 Å². The van der Waals surface area contributed by atoms with E-state index in [4.69, 9.17) is 29.4 Å². The normalized spacial score (nSPS) is 26.3. The van der Waals surface area contributed by atoms with E-state index in [1.54, 1.807) is 51.1 Å². The smallest absolute Gasteiger partial charge is 0.407 e. The first-order chi connectivity index (χ1) is 40.9. The lowest BCUT2D eigenvalue weighted by Gasteiger charge is -2.39. The van der Waals surface area contributed by atoms with Crippen LogP contribution in [0, 0.1) is 11.8 Å². The number of nitrogens with two attached hydrogens (primary N) is 1. The number of nitrogens with zero attached hydrogens (tertiary/aromatic N) is 1. The molecule has 1 saturated carbocycles. The number of amides is 10. The van der Waals surface area contributed by atoms with Gasteiger partial charge in [0.2, 0.25) is 29.5 Å². The molecule has 3 saturated heterocycles. The van der Waals surface area contributed by atoms with E-state index in [2.05, 4.69) is 50.2 Å². The van der Waals surface area contributed by atoms with Gasteiger partial charge < -0.3 is 71.7 Å². The van der Waals surface area contributed by atoms with Crippen molar-refractivity contribution in [3.63, 3.8) is 0 Å². The molecule has 25 heteroatoms. The standard InChI is InChI=1S/C61H87N9O16/c1-35(2)55(69-50(72)13-9-8-10-27-70-53(75)24-25-54(70)76)58(79)68-46(12-11-26-63-59(62)80)57(78)65-42-19-17-41(18-20-42)33-82-60(81)66-44-29-43(30-44)64-52(74)31-45-32-61(34-83-61)56(77)49(86-45)22-15-36(3)14-21-48-37(4)28-47(39(6)85-48)67-51(73)23-16-38(5)84-40(7)71/h14-20,22-25,35,37-39,43-49,55-56,77H,8-13,21,26-34H2,1-7H3,(H,64,74)(H,65,78)(H,66,81)(H,67,73)(H,68,79)(H,69,72)(H3,62,63,80)/b22-15+,23-16-,36-14+/t37-,38?,39+,43?,44?,45+,46?,47+,48-,49+,55?,56+,61+/m0/s1. The molecular weight excluding hydrogens is 1110 g/mol. The number of aliphatic hydroxyl groups excluding tert-OH is 1. The molecule has 4 heterocycles. The van der Waals surface area contributed by atoms with Gasteiger partial charge in [0.25, 0.3) is 11.8 Å². The van der Waals surface area contributed by atoms with Gasteiger partial charge in [-0.15, -0.1) is 0 Å². The molecule has 1 aromatic carbocycles. The first-order valence-corrected chi connectivity index (χ1v) is 29.8. The van der Waals surface area contributed by atoms with Gasteiger partial charge in [0, 0.05) is 68.9 Å².